The van der Waals surface area contributed by atoms with Gasteiger partial charge in [0, 0.05) is 58.2 Å². The minimum atomic E-state index is 0.753. The van der Waals surface area contributed by atoms with Crippen LogP contribution in [0.3, 0.4) is 0 Å². The molecule has 0 bridgehead atoms. The van der Waals surface area contributed by atoms with E-state index in [0.717, 1.165) is 76.5 Å². The second-order valence-corrected chi connectivity index (χ2v) is 6.40. The van der Waals surface area contributed by atoms with Crippen LogP contribution < -0.4 is 9.80 Å². The number of anilines is 2. The van der Waals surface area contributed by atoms with Gasteiger partial charge >= 0.3 is 0 Å². The number of aromatic nitrogens is 3. The summed E-state index contributed by atoms with van der Waals surface area (Å²) in [6.45, 7) is 8.15. The normalized spacial score (nSPS) is 19.2. The molecule has 2 saturated heterocycles. The zero-order chi connectivity index (χ0) is 16.9. The molecule has 0 N–H and O–H groups in total. The van der Waals surface area contributed by atoms with Gasteiger partial charge < -0.3 is 14.5 Å². The van der Waals surface area contributed by atoms with Crippen molar-refractivity contribution in [2.75, 3.05) is 62.3 Å². The van der Waals surface area contributed by atoms with Gasteiger partial charge in [0.1, 0.15) is 5.82 Å². The summed E-state index contributed by atoms with van der Waals surface area (Å²) in [7, 11) is 0. The lowest BCUT2D eigenvalue weighted by atomic mass is 10.2. The van der Waals surface area contributed by atoms with Crippen LogP contribution in [0.4, 0.5) is 11.8 Å². The third kappa shape index (κ3) is 4.05. The summed E-state index contributed by atoms with van der Waals surface area (Å²) >= 11 is 0. The molecule has 2 aliphatic heterocycles. The van der Waals surface area contributed by atoms with Crippen molar-refractivity contribution in [1.82, 2.24) is 19.9 Å². The molecule has 2 fully saturated rings. The number of ether oxygens (including phenoxy) is 1. The molecule has 0 amide bonds. The first-order valence-corrected chi connectivity index (χ1v) is 8.91. The number of hydrogen-bond acceptors (Lipinski definition) is 7. The fourth-order valence-electron chi connectivity index (χ4n) is 3.29. The maximum absolute atomic E-state index is 5.40. The van der Waals surface area contributed by atoms with E-state index in [1.54, 1.807) is 0 Å². The Morgan fingerprint density at radius 3 is 2.44 bits per heavy atom. The summed E-state index contributed by atoms with van der Waals surface area (Å²) in [6.07, 6.45) is 3.73. The number of pyridine rings is 1. The average molecular weight is 340 g/mol. The van der Waals surface area contributed by atoms with Crippen LogP contribution in [0.25, 0.3) is 0 Å². The summed E-state index contributed by atoms with van der Waals surface area (Å²) in [5.74, 6) is 1.90. The summed E-state index contributed by atoms with van der Waals surface area (Å²) in [6, 6.07) is 8.10. The third-order valence-electron chi connectivity index (χ3n) is 4.73. The molecule has 7 heteroatoms. The van der Waals surface area contributed by atoms with Gasteiger partial charge in [0.15, 0.2) is 0 Å². The highest BCUT2D eigenvalue weighted by molar-refractivity contribution is 5.38. The molecular weight excluding hydrogens is 316 g/mol. The zero-order valence-corrected chi connectivity index (χ0v) is 14.4. The largest absolute Gasteiger partial charge is 0.378 e. The molecule has 0 aromatic carbocycles. The fourth-order valence-corrected chi connectivity index (χ4v) is 3.29. The van der Waals surface area contributed by atoms with Gasteiger partial charge in [-0.1, -0.05) is 6.07 Å². The zero-order valence-electron chi connectivity index (χ0n) is 14.4. The van der Waals surface area contributed by atoms with Crippen LogP contribution in [0.5, 0.6) is 0 Å². The van der Waals surface area contributed by atoms with Gasteiger partial charge in [0.05, 0.1) is 18.9 Å². The molecule has 0 spiro atoms. The van der Waals surface area contributed by atoms with Gasteiger partial charge in [0.25, 0.3) is 0 Å². The first-order valence-electron chi connectivity index (χ1n) is 8.91. The Kier molecular flexibility index (Phi) is 5.03. The smallest absolute Gasteiger partial charge is 0.225 e. The summed E-state index contributed by atoms with van der Waals surface area (Å²) in [5, 5.41) is 0. The lowest BCUT2D eigenvalue weighted by Crippen LogP contribution is -2.46. The van der Waals surface area contributed by atoms with Crippen molar-refractivity contribution in [3.63, 3.8) is 0 Å². The molecule has 2 aromatic heterocycles. The fraction of sp³-hybridized carbons (Fsp3) is 0.500. The number of nitrogens with zero attached hydrogens (tertiary/aromatic N) is 6. The molecule has 0 atom stereocenters. The standard InChI is InChI=1S/C18H24N6O/c1-2-5-19-17(3-1)23-9-7-22(8-10-23)15-16-4-6-20-18(21-16)24-11-13-25-14-12-24/h1-6H,7-15H2. The van der Waals surface area contributed by atoms with Crippen molar-refractivity contribution in [3.8, 4) is 0 Å². The Hall–Kier alpha value is -2.25. The highest BCUT2D eigenvalue weighted by Crippen LogP contribution is 2.15. The molecule has 0 aliphatic carbocycles. The van der Waals surface area contributed by atoms with E-state index in [9.17, 15) is 0 Å². The molecule has 0 unspecified atom stereocenters. The minimum absolute atomic E-state index is 0.753. The van der Waals surface area contributed by atoms with Crippen molar-refractivity contribution in [2.45, 2.75) is 6.54 Å². The van der Waals surface area contributed by atoms with Gasteiger partial charge in [-0.25, -0.2) is 15.0 Å². The van der Waals surface area contributed by atoms with Crippen molar-refractivity contribution in [2.24, 2.45) is 0 Å². The van der Waals surface area contributed by atoms with Crippen molar-refractivity contribution in [1.29, 1.82) is 0 Å². The number of hydrogen-bond donors (Lipinski definition) is 0. The topological polar surface area (TPSA) is 57.6 Å². The molecule has 4 heterocycles. The highest BCUT2D eigenvalue weighted by atomic mass is 16.5. The Bertz CT molecular complexity index is 668. The van der Waals surface area contributed by atoms with Crippen molar-refractivity contribution < 1.29 is 4.74 Å². The van der Waals surface area contributed by atoms with E-state index in [0.29, 0.717) is 0 Å². The maximum Gasteiger partial charge on any atom is 0.225 e. The molecule has 0 saturated carbocycles. The van der Waals surface area contributed by atoms with Gasteiger partial charge in [-0.3, -0.25) is 4.90 Å². The van der Waals surface area contributed by atoms with Gasteiger partial charge in [0.2, 0.25) is 5.95 Å². The van der Waals surface area contributed by atoms with Crippen LogP contribution in [-0.4, -0.2) is 72.3 Å². The van der Waals surface area contributed by atoms with Crippen LogP contribution in [-0.2, 0) is 11.3 Å². The van der Waals surface area contributed by atoms with Gasteiger partial charge in [-0.2, -0.15) is 0 Å². The Morgan fingerprint density at radius 2 is 1.68 bits per heavy atom. The first-order chi connectivity index (χ1) is 12.4. The quantitative estimate of drug-likeness (QED) is 0.824. The molecule has 2 aromatic rings. The van der Waals surface area contributed by atoms with E-state index >= 15 is 0 Å². The number of morpholine rings is 1. The van der Waals surface area contributed by atoms with Crippen molar-refractivity contribution >= 4 is 11.8 Å². The molecular formula is C18H24N6O. The summed E-state index contributed by atoms with van der Waals surface area (Å²) < 4.78 is 5.40. The molecule has 132 valence electrons. The number of rotatable bonds is 4. The van der Waals surface area contributed by atoms with Crippen LogP contribution in [0, 0.1) is 0 Å². The predicted octanol–water partition coefficient (Wildman–Crippen LogP) is 1.03. The van der Waals surface area contributed by atoms with Crippen molar-refractivity contribution in [3.05, 3.63) is 42.4 Å². The van der Waals surface area contributed by atoms with Gasteiger partial charge in [-0.15, -0.1) is 0 Å². The van der Waals surface area contributed by atoms with E-state index < -0.39 is 0 Å². The van der Waals surface area contributed by atoms with Crippen LogP contribution >= 0.6 is 0 Å². The first kappa shape index (κ1) is 16.2. The molecule has 7 nitrogen and oxygen atoms in total. The van der Waals surface area contributed by atoms with Crippen LogP contribution in [0.1, 0.15) is 5.69 Å². The van der Waals surface area contributed by atoms with E-state index in [1.807, 2.05) is 30.6 Å². The average Bonchev–Trinajstić information content (AvgIpc) is 2.70. The Balaban J connectivity index is 1.34. The highest BCUT2D eigenvalue weighted by Gasteiger charge is 2.19. The van der Waals surface area contributed by atoms with E-state index in [1.165, 1.54) is 0 Å². The summed E-state index contributed by atoms with van der Waals surface area (Å²) in [5.41, 5.74) is 1.09. The lowest BCUT2D eigenvalue weighted by Gasteiger charge is -2.35. The Labute approximate surface area is 148 Å². The molecule has 25 heavy (non-hydrogen) atoms. The maximum atomic E-state index is 5.40. The van der Waals surface area contributed by atoms with Crippen LogP contribution in [0.2, 0.25) is 0 Å². The van der Waals surface area contributed by atoms with E-state index in [-0.39, 0.29) is 0 Å². The number of piperazine rings is 1. The summed E-state index contributed by atoms with van der Waals surface area (Å²) in [4.78, 5) is 20.6. The lowest BCUT2D eigenvalue weighted by molar-refractivity contribution is 0.122. The molecule has 2 aliphatic rings. The van der Waals surface area contributed by atoms with E-state index in [2.05, 4.69) is 30.7 Å². The minimum Gasteiger partial charge on any atom is -0.378 e. The second-order valence-electron chi connectivity index (χ2n) is 6.40. The monoisotopic (exact) mass is 340 g/mol. The molecule has 4 rings (SSSR count). The van der Waals surface area contributed by atoms with Gasteiger partial charge in [-0.05, 0) is 18.2 Å². The Morgan fingerprint density at radius 1 is 0.840 bits per heavy atom. The predicted molar refractivity (Wildman–Crippen MR) is 96.8 cm³/mol. The van der Waals surface area contributed by atoms with Crippen LogP contribution in [0.15, 0.2) is 36.7 Å². The second kappa shape index (κ2) is 7.76. The molecule has 0 radical (unpaired) electrons. The third-order valence-corrected chi connectivity index (χ3v) is 4.73. The van der Waals surface area contributed by atoms with E-state index in [4.69, 9.17) is 9.72 Å². The SMILES string of the molecule is c1ccc(N2CCN(Cc3ccnc(N4CCOCC4)n3)CC2)nc1.